The Balaban J connectivity index is 0.00000144. The van der Waals surface area contributed by atoms with Crippen LogP contribution in [0.4, 0.5) is 0 Å². The van der Waals surface area contributed by atoms with Crippen molar-refractivity contribution < 1.29 is 36.9 Å². The van der Waals surface area contributed by atoms with Gasteiger partial charge < -0.3 is 19.8 Å². The molecule has 0 bridgehead atoms. The van der Waals surface area contributed by atoms with E-state index >= 15 is 0 Å². The molecule has 1 aliphatic rings. The molecule has 0 spiro atoms. The first kappa shape index (κ1) is 12.5. The molecule has 77 valence electrons. The first-order valence-electron chi connectivity index (χ1n) is 4.02. The maximum Gasteiger partial charge on any atom is 2.00 e. The fourth-order valence-electron chi connectivity index (χ4n) is 1.65. The third kappa shape index (κ3) is 2.23. The average molecular weight is 234 g/mol. The van der Waals surface area contributed by atoms with Gasteiger partial charge in [0, 0.05) is 5.41 Å². The number of hydrogen-bond donors (Lipinski definition) is 0. The van der Waals surface area contributed by atoms with Crippen LogP contribution in [0.2, 0.25) is 0 Å². The zero-order valence-electron chi connectivity index (χ0n) is 6.97. The molecule has 1 aliphatic carbocycles. The Morgan fingerprint density at radius 3 is 1.54 bits per heavy atom. The summed E-state index contributed by atoms with van der Waals surface area (Å²) in [5.41, 5.74) is -1.71. The van der Waals surface area contributed by atoms with Gasteiger partial charge in [-0.25, -0.2) is 0 Å². The molecule has 1 radical (unpaired) electrons. The molecule has 1 rings (SSSR count). The van der Waals surface area contributed by atoms with Crippen LogP contribution in [-0.4, -0.2) is 11.9 Å². The fraction of sp³-hybridized carbons (Fsp3) is 0.750. The van der Waals surface area contributed by atoms with Crippen molar-refractivity contribution in [3.05, 3.63) is 0 Å². The van der Waals surface area contributed by atoms with E-state index in [0.29, 0.717) is 12.8 Å². The monoisotopic (exact) mass is 233 g/mol. The van der Waals surface area contributed by atoms with Gasteiger partial charge in [-0.05, 0) is 12.8 Å². The molecular formula is C8H10CuO4. The quantitative estimate of drug-likeness (QED) is 0.427. The number of carbonyl (C=O) groups excluding carboxylic acids is 2. The molecule has 0 atom stereocenters. The van der Waals surface area contributed by atoms with E-state index in [1.807, 2.05) is 0 Å². The zero-order chi connectivity index (χ0) is 9.19. The summed E-state index contributed by atoms with van der Waals surface area (Å²) >= 11 is 0. The minimum atomic E-state index is -1.71. The Bertz CT molecular complexity index is 192. The second-order valence-electron chi connectivity index (χ2n) is 3.22. The number of hydrogen-bond acceptors (Lipinski definition) is 4. The van der Waals surface area contributed by atoms with Crippen LogP contribution in [0.3, 0.4) is 0 Å². The van der Waals surface area contributed by atoms with Crippen molar-refractivity contribution in [3.8, 4) is 0 Å². The van der Waals surface area contributed by atoms with E-state index in [4.69, 9.17) is 0 Å². The molecule has 0 heterocycles. The molecule has 0 unspecified atom stereocenters. The third-order valence-corrected chi connectivity index (χ3v) is 2.49. The van der Waals surface area contributed by atoms with Gasteiger partial charge in [0.1, 0.15) is 0 Å². The summed E-state index contributed by atoms with van der Waals surface area (Å²) in [7, 11) is 0. The van der Waals surface area contributed by atoms with E-state index in [2.05, 4.69) is 0 Å². The molecule has 0 aromatic rings. The standard InChI is InChI=1S/C8H12O4.Cu/c9-6(10)8(7(11)12)4-2-1-3-5-8;/h1-5H2,(H,9,10)(H,11,12);/q;+2/p-2. The van der Waals surface area contributed by atoms with Gasteiger partial charge in [-0.1, -0.05) is 19.3 Å². The SMILES string of the molecule is O=C([O-])C1(C(=O)[O-])CCCCC1.[Cu+2]. The Morgan fingerprint density at radius 1 is 0.923 bits per heavy atom. The van der Waals surface area contributed by atoms with Crippen LogP contribution in [0.5, 0.6) is 0 Å². The summed E-state index contributed by atoms with van der Waals surface area (Å²) in [6.45, 7) is 0. The minimum absolute atomic E-state index is 0. The zero-order valence-corrected chi connectivity index (χ0v) is 7.91. The van der Waals surface area contributed by atoms with Gasteiger partial charge in [0.05, 0.1) is 11.9 Å². The third-order valence-electron chi connectivity index (χ3n) is 2.49. The van der Waals surface area contributed by atoms with Gasteiger partial charge in [-0.15, -0.1) is 0 Å². The van der Waals surface area contributed by atoms with E-state index in [-0.39, 0.29) is 29.9 Å². The van der Waals surface area contributed by atoms with E-state index in [0.717, 1.165) is 6.42 Å². The van der Waals surface area contributed by atoms with Crippen molar-refractivity contribution >= 4 is 11.9 Å². The molecule has 0 aromatic carbocycles. The molecule has 13 heavy (non-hydrogen) atoms. The maximum atomic E-state index is 10.6. The normalized spacial score (nSPS) is 20.0. The molecule has 0 amide bonds. The summed E-state index contributed by atoms with van der Waals surface area (Å²) in [5.74, 6) is -3.00. The Morgan fingerprint density at radius 2 is 1.31 bits per heavy atom. The van der Waals surface area contributed by atoms with E-state index < -0.39 is 17.4 Å². The van der Waals surface area contributed by atoms with Crippen molar-refractivity contribution in [2.24, 2.45) is 5.41 Å². The number of carboxylic acids is 2. The molecule has 0 aromatic heterocycles. The number of carbonyl (C=O) groups is 2. The van der Waals surface area contributed by atoms with Gasteiger partial charge in [0.15, 0.2) is 0 Å². The number of rotatable bonds is 2. The maximum absolute atomic E-state index is 10.6. The largest absolute Gasteiger partial charge is 2.00 e. The predicted molar refractivity (Wildman–Crippen MR) is 35.5 cm³/mol. The number of carboxylic acid groups (broad SMARTS) is 2. The van der Waals surface area contributed by atoms with Crippen LogP contribution in [0, 0.1) is 5.41 Å². The Hall–Kier alpha value is -0.541. The molecule has 0 N–H and O–H groups in total. The first-order valence-corrected chi connectivity index (χ1v) is 4.02. The summed E-state index contributed by atoms with van der Waals surface area (Å²) < 4.78 is 0. The van der Waals surface area contributed by atoms with E-state index in [1.165, 1.54) is 0 Å². The molecule has 0 saturated heterocycles. The van der Waals surface area contributed by atoms with Crippen LogP contribution in [0.15, 0.2) is 0 Å². The van der Waals surface area contributed by atoms with Gasteiger partial charge >= 0.3 is 17.1 Å². The van der Waals surface area contributed by atoms with Gasteiger partial charge in [-0.2, -0.15) is 0 Å². The summed E-state index contributed by atoms with van der Waals surface area (Å²) in [4.78, 5) is 21.2. The predicted octanol–water partition coefficient (Wildman–Crippen LogP) is -1.57. The smallest absolute Gasteiger partial charge is 0.549 e. The molecule has 0 aliphatic heterocycles. The van der Waals surface area contributed by atoms with Gasteiger partial charge in [-0.3, -0.25) is 0 Å². The van der Waals surface area contributed by atoms with Crippen LogP contribution >= 0.6 is 0 Å². The first-order chi connectivity index (χ1) is 5.59. The second-order valence-corrected chi connectivity index (χ2v) is 3.22. The topological polar surface area (TPSA) is 80.3 Å². The van der Waals surface area contributed by atoms with Crippen LogP contribution in [-0.2, 0) is 26.7 Å². The number of aliphatic carboxylic acids is 2. The average Bonchev–Trinajstić information content (AvgIpc) is 2.05. The van der Waals surface area contributed by atoms with Crippen molar-refractivity contribution in [2.45, 2.75) is 32.1 Å². The van der Waals surface area contributed by atoms with E-state index in [1.54, 1.807) is 0 Å². The molecular weight excluding hydrogens is 224 g/mol. The Labute approximate surface area is 86.8 Å². The van der Waals surface area contributed by atoms with Crippen molar-refractivity contribution in [1.29, 1.82) is 0 Å². The van der Waals surface area contributed by atoms with Crippen LogP contribution < -0.4 is 10.2 Å². The summed E-state index contributed by atoms with van der Waals surface area (Å²) in [5, 5.41) is 21.2. The summed E-state index contributed by atoms with van der Waals surface area (Å²) in [6.07, 6.45) is 2.45. The van der Waals surface area contributed by atoms with Crippen molar-refractivity contribution in [2.75, 3.05) is 0 Å². The van der Waals surface area contributed by atoms with Gasteiger partial charge in [0.2, 0.25) is 0 Å². The molecule has 5 heteroatoms. The molecule has 1 fully saturated rings. The minimum Gasteiger partial charge on any atom is -0.549 e. The molecule has 4 nitrogen and oxygen atoms in total. The van der Waals surface area contributed by atoms with Crippen LogP contribution in [0.1, 0.15) is 32.1 Å². The van der Waals surface area contributed by atoms with Crippen LogP contribution in [0.25, 0.3) is 0 Å². The second kappa shape index (κ2) is 4.63. The fourth-order valence-corrected chi connectivity index (χ4v) is 1.65. The Kier molecular flexibility index (Phi) is 4.44. The summed E-state index contributed by atoms with van der Waals surface area (Å²) in [6, 6.07) is 0. The van der Waals surface area contributed by atoms with Crippen molar-refractivity contribution in [3.63, 3.8) is 0 Å². The van der Waals surface area contributed by atoms with Gasteiger partial charge in [0.25, 0.3) is 0 Å². The molecule has 1 saturated carbocycles. The van der Waals surface area contributed by atoms with Crippen molar-refractivity contribution in [1.82, 2.24) is 0 Å². The van der Waals surface area contributed by atoms with E-state index in [9.17, 15) is 19.8 Å².